The van der Waals surface area contributed by atoms with Crippen LogP contribution in [0.3, 0.4) is 0 Å². The quantitative estimate of drug-likeness (QED) is 0.830. The SMILES string of the molecule is Cc1ccc(CNCC(C)(C)N(C)C)s1. The van der Waals surface area contributed by atoms with E-state index in [0.717, 1.165) is 13.1 Å². The van der Waals surface area contributed by atoms with Crippen LogP contribution < -0.4 is 5.32 Å². The average molecular weight is 226 g/mol. The van der Waals surface area contributed by atoms with E-state index in [-0.39, 0.29) is 5.54 Å². The summed E-state index contributed by atoms with van der Waals surface area (Å²) >= 11 is 1.87. The topological polar surface area (TPSA) is 15.3 Å². The zero-order valence-corrected chi connectivity index (χ0v) is 11.2. The fourth-order valence-electron chi connectivity index (χ4n) is 1.23. The summed E-state index contributed by atoms with van der Waals surface area (Å²) in [5.74, 6) is 0. The number of hydrogen-bond acceptors (Lipinski definition) is 3. The van der Waals surface area contributed by atoms with Crippen LogP contribution in [-0.4, -0.2) is 31.1 Å². The molecule has 1 heterocycles. The molecule has 1 N–H and O–H groups in total. The Morgan fingerprint density at radius 3 is 2.47 bits per heavy atom. The second-order valence-electron chi connectivity index (χ2n) is 4.82. The molecule has 1 aromatic rings. The molecule has 0 bridgehead atoms. The van der Waals surface area contributed by atoms with Gasteiger partial charge >= 0.3 is 0 Å². The molecule has 0 unspecified atom stereocenters. The highest BCUT2D eigenvalue weighted by atomic mass is 32.1. The summed E-state index contributed by atoms with van der Waals surface area (Å²) in [4.78, 5) is 5.06. The fraction of sp³-hybridized carbons (Fsp3) is 0.667. The number of aryl methyl sites for hydroxylation is 1. The number of nitrogens with one attached hydrogen (secondary N) is 1. The molecule has 0 aromatic carbocycles. The lowest BCUT2D eigenvalue weighted by Crippen LogP contribution is -2.46. The first-order valence-electron chi connectivity index (χ1n) is 5.35. The van der Waals surface area contributed by atoms with Gasteiger partial charge in [0.25, 0.3) is 0 Å². The fourth-order valence-corrected chi connectivity index (χ4v) is 2.09. The van der Waals surface area contributed by atoms with Crippen LogP contribution in [0.2, 0.25) is 0 Å². The van der Waals surface area contributed by atoms with Crippen LogP contribution in [-0.2, 0) is 6.54 Å². The van der Waals surface area contributed by atoms with Crippen molar-refractivity contribution >= 4 is 11.3 Å². The van der Waals surface area contributed by atoms with Gasteiger partial charge in [-0.15, -0.1) is 11.3 Å². The number of thiophene rings is 1. The minimum atomic E-state index is 0.215. The second kappa shape index (κ2) is 5.10. The predicted octanol–water partition coefficient (Wildman–Crippen LogP) is 2.49. The summed E-state index contributed by atoms with van der Waals surface area (Å²) in [5, 5.41) is 3.51. The predicted molar refractivity (Wildman–Crippen MR) is 68.5 cm³/mol. The van der Waals surface area contributed by atoms with E-state index in [1.54, 1.807) is 0 Å². The Morgan fingerprint density at radius 1 is 1.33 bits per heavy atom. The van der Waals surface area contributed by atoms with Crippen LogP contribution in [0.25, 0.3) is 0 Å². The summed E-state index contributed by atoms with van der Waals surface area (Å²) in [5.41, 5.74) is 0.215. The summed E-state index contributed by atoms with van der Waals surface area (Å²) in [7, 11) is 4.24. The van der Waals surface area contributed by atoms with Gasteiger partial charge in [0.15, 0.2) is 0 Å². The third-order valence-electron chi connectivity index (χ3n) is 2.86. The lowest BCUT2D eigenvalue weighted by atomic mass is 10.0. The molecule has 2 nitrogen and oxygen atoms in total. The lowest BCUT2D eigenvalue weighted by molar-refractivity contribution is 0.190. The first-order valence-corrected chi connectivity index (χ1v) is 6.17. The highest BCUT2D eigenvalue weighted by Gasteiger charge is 2.19. The van der Waals surface area contributed by atoms with Gasteiger partial charge in [-0.2, -0.15) is 0 Å². The molecule has 0 aliphatic carbocycles. The maximum atomic E-state index is 3.51. The van der Waals surface area contributed by atoms with E-state index < -0.39 is 0 Å². The van der Waals surface area contributed by atoms with Crippen molar-refractivity contribution in [3.05, 3.63) is 21.9 Å². The third kappa shape index (κ3) is 3.93. The highest BCUT2D eigenvalue weighted by Crippen LogP contribution is 2.15. The van der Waals surface area contributed by atoms with Gasteiger partial charge in [0.2, 0.25) is 0 Å². The van der Waals surface area contributed by atoms with Crippen molar-refractivity contribution in [1.29, 1.82) is 0 Å². The van der Waals surface area contributed by atoms with Gasteiger partial charge in [-0.1, -0.05) is 0 Å². The van der Waals surface area contributed by atoms with E-state index in [1.807, 2.05) is 11.3 Å². The van der Waals surface area contributed by atoms with Gasteiger partial charge in [-0.3, -0.25) is 0 Å². The minimum Gasteiger partial charge on any atom is -0.310 e. The smallest absolute Gasteiger partial charge is 0.0300 e. The van der Waals surface area contributed by atoms with Crippen LogP contribution in [0.5, 0.6) is 0 Å². The van der Waals surface area contributed by atoms with E-state index in [4.69, 9.17) is 0 Å². The van der Waals surface area contributed by atoms with Crippen molar-refractivity contribution in [2.45, 2.75) is 32.9 Å². The number of nitrogens with zero attached hydrogens (tertiary/aromatic N) is 1. The first kappa shape index (κ1) is 12.7. The molecule has 15 heavy (non-hydrogen) atoms. The molecule has 0 spiro atoms. The molecule has 0 aliphatic rings. The maximum absolute atomic E-state index is 3.51. The Bertz CT molecular complexity index is 302. The van der Waals surface area contributed by atoms with Crippen LogP contribution in [0.15, 0.2) is 12.1 Å². The molecule has 0 saturated carbocycles. The molecular weight excluding hydrogens is 204 g/mol. The van der Waals surface area contributed by atoms with E-state index in [2.05, 4.69) is 57.2 Å². The van der Waals surface area contributed by atoms with Crippen LogP contribution in [0.4, 0.5) is 0 Å². The normalized spacial score (nSPS) is 12.4. The minimum absolute atomic E-state index is 0.215. The van der Waals surface area contributed by atoms with Crippen LogP contribution >= 0.6 is 11.3 Å². The van der Waals surface area contributed by atoms with Gasteiger partial charge in [-0.05, 0) is 47.0 Å². The standard InChI is InChI=1S/C12H22N2S/c1-10-6-7-11(15-10)8-13-9-12(2,3)14(4)5/h6-7,13H,8-9H2,1-5H3. The van der Waals surface area contributed by atoms with E-state index in [1.165, 1.54) is 9.75 Å². The van der Waals surface area contributed by atoms with Crippen molar-refractivity contribution in [3.8, 4) is 0 Å². The second-order valence-corrected chi connectivity index (χ2v) is 6.20. The van der Waals surface area contributed by atoms with E-state index in [9.17, 15) is 0 Å². The van der Waals surface area contributed by atoms with Crippen molar-refractivity contribution in [3.63, 3.8) is 0 Å². The molecule has 1 aromatic heterocycles. The van der Waals surface area contributed by atoms with Crippen molar-refractivity contribution < 1.29 is 0 Å². The molecule has 1 rings (SSSR count). The molecular formula is C12H22N2S. The molecule has 86 valence electrons. The van der Waals surface area contributed by atoms with Gasteiger partial charge in [-0.25, -0.2) is 0 Å². The van der Waals surface area contributed by atoms with Crippen molar-refractivity contribution in [2.24, 2.45) is 0 Å². The summed E-state index contributed by atoms with van der Waals surface area (Å²) in [6.45, 7) is 8.64. The number of hydrogen-bond donors (Lipinski definition) is 1. The Hall–Kier alpha value is -0.380. The zero-order chi connectivity index (χ0) is 11.5. The van der Waals surface area contributed by atoms with Gasteiger partial charge in [0.1, 0.15) is 0 Å². The van der Waals surface area contributed by atoms with Crippen LogP contribution in [0.1, 0.15) is 23.6 Å². The summed E-state index contributed by atoms with van der Waals surface area (Å²) in [6, 6.07) is 4.38. The van der Waals surface area contributed by atoms with E-state index in [0.29, 0.717) is 0 Å². The molecule has 0 radical (unpaired) electrons. The Balaban J connectivity index is 2.33. The Morgan fingerprint density at radius 2 is 2.00 bits per heavy atom. The molecule has 0 saturated heterocycles. The number of rotatable bonds is 5. The van der Waals surface area contributed by atoms with Gasteiger partial charge < -0.3 is 10.2 Å². The largest absolute Gasteiger partial charge is 0.310 e. The zero-order valence-electron chi connectivity index (χ0n) is 10.4. The van der Waals surface area contributed by atoms with Crippen molar-refractivity contribution in [1.82, 2.24) is 10.2 Å². The van der Waals surface area contributed by atoms with E-state index >= 15 is 0 Å². The molecule has 0 amide bonds. The molecule has 0 aliphatic heterocycles. The Kier molecular flexibility index (Phi) is 4.32. The number of likely N-dealkylation sites (N-methyl/N-ethyl adjacent to an activating group) is 1. The Labute approximate surface area is 97.3 Å². The maximum Gasteiger partial charge on any atom is 0.0300 e. The molecule has 0 fully saturated rings. The first-order chi connectivity index (χ1) is 6.92. The molecule has 0 atom stereocenters. The lowest BCUT2D eigenvalue weighted by Gasteiger charge is -2.32. The van der Waals surface area contributed by atoms with Gasteiger partial charge in [0, 0.05) is 28.4 Å². The van der Waals surface area contributed by atoms with Crippen LogP contribution in [0, 0.1) is 6.92 Å². The third-order valence-corrected chi connectivity index (χ3v) is 3.86. The monoisotopic (exact) mass is 226 g/mol. The molecule has 3 heteroatoms. The van der Waals surface area contributed by atoms with Gasteiger partial charge in [0.05, 0.1) is 0 Å². The average Bonchev–Trinajstić information content (AvgIpc) is 2.51. The summed E-state index contributed by atoms with van der Waals surface area (Å²) < 4.78 is 0. The highest BCUT2D eigenvalue weighted by molar-refractivity contribution is 7.11. The summed E-state index contributed by atoms with van der Waals surface area (Å²) in [6.07, 6.45) is 0. The van der Waals surface area contributed by atoms with Crippen molar-refractivity contribution in [2.75, 3.05) is 20.6 Å².